The molecule has 2 amide bonds. The number of hydrogen-bond donors (Lipinski definition) is 1. The number of aldehydes is 1. The number of carbonyl (C=O) groups is 3. The third-order valence-electron chi connectivity index (χ3n) is 7.02. The SMILES string of the molecule is NCC1CN(C(=O)c2cccnc2)CCN1C(c1ccccc1)c1ccccc1.O=CCN1CCCC1=O. The van der Waals surface area contributed by atoms with Gasteiger partial charge in [0.05, 0.1) is 18.2 Å². The molecule has 3 aromatic rings. The molecule has 3 heterocycles. The Labute approximate surface area is 224 Å². The number of pyridine rings is 1. The molecule has 1 unspecified atom stereocenters. The number of piperazine rings is 1. The van der Waals surface area contributed by atoms with Gasteiger partial charge in [-0.15, -0.1) is 0 Å². The number of benzene rings is 2. The van der Waals surface area contributed by atoms with E-state index in [1.165, 1.54) is 11.1 Å². The van der Waals surface area contributed by atoms with Gasteiger partial charge in [0, 0.05) is 57.6 Å². The van der Waals surface area contributed by atoms with E-state index < -0.39 is 0 Å². The van der Waals surface area contributed by atoms with Crippen LogP contribution in [0.5, 0.6) is 0 Å². The van der Waals surface area contributed by atoms with Crippen molar-refractivity contribution in [1.82, 2.24) is 19.7 Å². The molecule has 1 aromatic heterocycles. The van der Waals surface area contributed by atoms with Crippen molar-refractivity contribution in [2.24, 2.45) is 5.73 Å². The molecule has 1 atom stereocenters. The number of hydrogen-bond acceptors (Lipinski definition) is 6. The minimum absolute atomic E-state index is 0.0205. The first-order chi connectivity index (χ1) is 18.6. The zero-order valence-corrected chi connectivity index (χ0v) is 21.6. The molecule has 2 aliphatic rings. The Morgan fingerprint density at radius 2 is 1.66 bits per heavy atom. The normalized spacial score (nSPS) is 17.7. The number of aromatic nitrogens is 1. The average Bonchev–Trinajstić information content (AvgIpc) is 3.39. The zero-order chi connectivity index (χ0) is 26.7. The van der Waals surface area contributed by atoms with Crippen molar-refractivity contribution in [2.45, 2.75) is 24.9 Å². The van der Waals surface area contributed by atoms with Crippen molar-refractivity contribution in [3.63, 3.8) is 0 Å². The second kappa shape index (κ2) is 13.6. The van der Waals surface area contributed by atoms with Gasteiger partial charge in [0.2, 0.25) is 5.91 Å². The van der Waals surface area contributed by atoms with Gasteiger partial charge < -0.3 is 20.3 Å². The lowest BCUT2D eigenvalue weighted by Gasteiger charge is -2.45. The summed E-state index contributed by atoms with van der Waals surface area (Å²) in [4.78, 5) is 43.5. The van der Waals surface area contributed by atoms with E-state index in [0.29, 0.717) is 31.6 Å². The molecule has 5 rings (SSSR count). The summed E-state index contributed by atoms with van der Waals surface area (Å²) in [5.41, 5.74) is 9.30. The van der Waals surface area contributed by atoms with Gasteiger partial charge in [-0.1, -0.05) is 60.7 Å². The molecular formula is C30H35N5O3. The van der Waals surface area contributed by atoms with Crippen LogP contribution in [-0.2, 0) is 9.59 Å². The molecule has 8 nitrogen and oxygen atoms in total. The molecule has 2 aliphatic heterocycles. The highest BCUT2D eigenvalue weighted by Gasteiger charge is 2.34. The van der Waals surface area contributed by atoms with Crippen LogP contribution < -0.4 is 5.73 Å². The summed E-state index contributed by atoms with van der Waals surface area (Å²) < 4.78 is 0. The quantitative estimate of drug-likeness (QED) is 0.488. The number of nitrogens with two attached hydrogens (primary N) is 1. The summed E-state index contributed by atoms with van der Waals surface area (Å²) in [6.45, 7) is 3.58. The number of likely N-dealkylation sites (tertiary alicyclic amines) is 1. The van der Waals surface area contributed by atoms with Crippen LogP contribution in [0, 0.1) is 0 Å². The zero-order valence-electron chi connectivity index (χ0n) is 21.6. The lowest BCUT2D eigenvalue weighted by molar-refractivity contribution is -0.129. The van der Waals surface area contributed by atoms with Crippen LogP contribution in [0.2, 0.25) is 0 Å². The second-order valence-corrected chi connectivity index (χ2v) is 9.45. The number of nitrogens with zero attached hydrogens (tertiary/aromatic N) is 4. The monoisotopic (exact) mass is 513 g/mol. The molecule has 0 bridgehead atoms. The molecule has 2 aromatic carbocycles. The highest BCUT2D eigenvalue weighted by atomic mass is 16.2. The number of rotatable bonds is 7. The third kappa shape index (κ3) is 6.70. The second-order valence-electron chi connectivity index (χ2n) is 9.45. The summed E-state index contributed by atoms with van der Waals surface area (Å²) in [5, 5.41) is 0. The van der Waals surface area contributed by atoms with Gasteiger partial charge >= 0.3 is 0 Å². The van der Waals surface area contributed by atoms with Gasteiger partial charge in [0.25, 0.3) is 5.91 Å². The molecular weight excluding hydrogens is 478 g/mol. The number of amides is 2. The molecule has 0 spiro atoms. The molecule has 0 saturated carbocycles. The first-order valence-corrected chi connectivity index (χ1v) is 13.1. The Kier molecular flexibility index (Phi) is 9.72. The van der Waals surface area contributed by atoms with E-state index in [0.717, 1.165) is 25.8 Å². The maximum absolute atomic E-state index is 12.9. The summed E-state index contributed by atoms with van der Waals surface area (Å²) in [6, 6.07) is 24.8. The van der Waals surface area contributed by atoms with E-state index in [1.54, 1.807) is 23.4 Å². The fourth-order valence-corrected chi connectivity index (χ4v) is 5.11. The first-order valence-electron chi connectivity index (χ1n) is 13.1. The maximum Gasteiger partial charge on any atom is 0.255 e. The van der Waals surface area contributed by atoms with Crippen molar-refractivity contribution >= 4 is 18.1 Å². The van der Waals surface area contributed by atoms with Crippen LogP contribution >= 0.6 is 0 Å². The average molecular weight is 514 g/mol. The van der Waals surface area contributed by atoms with E-state index in [1.807, 2.05) is 23.1 Å². The Hall–Kier alpha value is -3.88. The van der Waals surface area contributed by atoms with Crippen LogP contribution in [0.15, 0.2) is 85.2 Å². The van der Waals surface area contributed by atoms with E-state index in [-0.39, 0.29) is 30.4 Å². The van der Waals surface area contributed by atoms with Crippen LogP contribution in [0.25, 0.3) is 0 Å². The van der Waals surface area contributed by atoms with E-state index in [4.69, 9.17) is 5.73 Å². The van der Waals surface area contributed by atoms with Gasteiger partial charge in [-0.05, 0) is 29.7 Å². The van der Waals surface area contributed by atoms with Crippen molar-refractivity contribution in [2.75, 3.05) is 39.3 Å². The van der Waals surface area contributed by atoms with E-state index in [9.17, 15) is 14.4 Å². The van der Waals surface area contributed by atoms with Crippen LogP contribution in [0.1, 0.15) is 40.4 Å². The molecule has 2 fully saturated rings. The van der Waals surface area contributed by atoms with Gasteiger partial charge in [-0.3, -0.25) is 19.5 Å². The van der Waals surface area contributed by atoms with Crippen LogP contribution in [-0.4, -0.2) is 83.1 Å². The van der Waals surface area contributed by atoms with Gasteiger partial charge in [0.15, 0.2) is 0 Å². The fourth-order valence-electron chi connectivity index (χ4n) is 5.11. The van der Waals surface area contributed by atoms with Gasteiger partial charge in [-0.25, -0.2) is 0 Å². The lowest BCUT2D eigenvalue weighted by Crippen LogP contribution is -2.58. The summed E-state index contributed by atoms with van der Waals surface area (Å²) in [6.07, 6.45) is 5.61. The predicted molar refractivity (Wildman–Crippen MR) is 146 cm³/mol. The summed E-state index contributed by atoms with van der Waals surface area (Å²) in [7, 11) is 0. The number of carbonyl (C=O) groups excluding carboxylic acids is 3. The standard InChI is InChI=1S/C24H26N4O.C6H9NO2/c25-16-22-18-27(24(29)21-12-7-13-26-17-21)14-15-28(22)23(19-8-3-1-4-9-19)20-10-5-2-6-11-20;8-5-4-7-3-1-2-6(7)9/h1-13,17,22-23H,14-16,18,25H2;5H,1-4H2. The third-order valence-corrected chi connectivity index (χ3v) is 7.02. The smallest absolute Gasteiger partial charge is 0.255 e. The fraction of sp³-hybridized carbons (Fsp3) is 0.333. The van der Waals surface area contributed by atoms with Crippen LogP contribution in [0.3, 0.4) is 0 Å². The summed E-state index contributed by atoms with van der Waals surface area (Å²) >= 11 is 0. The minimum atomic E-state index is 0.0205. The molecule has 38 heavy (non-hydrogen) atoms. The largest absolute Gasteiger partial charge is 0.336 e. The van der Waals surface area contributed by atoms with Crippen molar-refractivity contribution in [3.8, 4) is 0 Å². The first kappa shape index (κ1) is 27.2. The van der Waals surface area contributed by atoms with E-state index in [2.05, 4.69) is 58.4 Å². The molecule has 8 heteroatoms. The van der Waals surface area contributed by atoms with Gasteiger partial charge in [0.1, 0.15) is 6.29 Å². The highest BCUT2D eigenvalue weighted by molar-refractivity contribution is 5.94. The molecule has 2 N–H and O–H groups in total. The Morgan fingerprint density at radius 1 is 0.974 bits per heavy atom. The maximum atomic E-state index is 12.9. The molecule has 2 saturated heterocycles. The lowest BCUT2D eigenvalue weighted by atomic mass is 9.94. The minimum Gasteiger partial charge on any atom is -0.336 e. The Bertz CT molecular complexity index is 1140. The highest BCUT2D eigenvalue weighted by Crippen LogP contribution is 2.32. The summed E-state index contributed by atoms with van der Waals surface area (Å²) in [5.74, 6) is 0.134. The molecule has 0 aliphatic carbocycles. The predicted octanol–water partition coefficient (Wildman–Crippen LogP) is 2.76. The Morgan fingerprint density at radius 3 is 2.18 bits per heavy atom. The topological polar surface area (TPSA) is 99.8 Å². The molecule has 0 radical (unpaired) electrons. The van der Waals surface area contributed by atoms with Crippen molar-refractivity contribution < 1.29 is 14.4 Å². The Balaban J connectivity index is 0.000000317. The van der Waals surface area contributed by atoms with Crippen molar-refractivity contribution in [1.29, 1.82) is 0 Å². The molecule has 198 valence electrons. The van der Waals surface area contributed by atoms with Crippen LogP contribution in [0.4, 0.5) is 0 Å². The van der Waals surface area contributed by atoms with Crippen molar-refractivity contribution in [3.05, 3.63) is 102 Å². The van der Waals surface area contributed by atoms with E-state index >= 15 is 0 Å². The van der Waals surface area contributed by atoms with Gasteiger partial charge in [-0.2, -0.15) is 0 Å².